The van der Waals surface area contributed by atoms with Crippen molar-refractivity contribution in [1.82, 2.24) is 0 Å². The van der Waals surface area contributed by atoms with Gasteiger partial charge >= 0.3 is 0 Å². The molecule has 3 heteroatoms. The lowest BCUT2D eigenvalue weighted by molar-refractivity contribution is 0.444. The second-order valence-electron chi connectivity index (χ2n) is 16.9. The van der Waals surface area contributed by atoms with Gasteiger partial charge in [-0.05, 0) is 135 Å². The van der Waals surface area contributed by atoms with Crippen molar-refractivity contribution in [3.05, 3.63) is 125 Å². The van der Waals surface area contributed by atoms with E-state index in [1.165, 1.54) is 110 Å². The van der Waals surface area contributed by atoms with Crippen LogP contribution >= 0.6 is 0 Å². The Bertz CT molecular complexity index is 1950. The summed E-state index contributed by atoms with van der Waals surface area (Å²) in [5.74, 6) is 2.38. The van der Waals surface area contributed by atoms with Gasteiger partial charge in [-0.2, -0.15) is 0 Å². The third-order valence-electron chi connectivity index (χ3n) is 12.1. The summed E-state index contributed by atoms with van der Waals surface area (Å²) in [5.41, 5.74) is 19.2. The summed E-state index contributed by atoms with van der Waals surface area (Å²) in [6.45, 7) is 18.7. The molecule has 0 unspecified atom stereocenters. The lowest BCUT2D eigenvalue weighted by atomic mass is 9.33. The summed E-state index contributed by atoms with van der Waals surface area (Å²) in [6.07, 6.45) is 6.54. The Kier molecular flexibility index (Phi) is 8.89. The lowest BCUT2D eigenvalue weighted by Gasteiger charge is -2.45. The molecule has 0 aromatic heterocycles. The van der Waals surface area contributed by atoms with Crippen molar-refractivity contribution in [3.8, 4) is 0 Å². The number of fused-ring (bicyclic) bond motifs is 4. The van der Waals surface area contributed by atoms with Crippen LogP contribution in [0.5, 0.6) is 0 Å². The second kappa shape index (κ2) is 13.4. The number of anilines is 6. The molecule has 1 aliphatic carbocycles. The largest absolute Gasteiger partial charge is 0.311 e. The van der Waals surface area contributed by atoms with Crippen LogP contribution in [0.25, 0.3) is 0 Å². The monoisotopic (exact) mass is 670 g/mol. The fourth-order valence-corrected chi connectivity index (χ4v) is 9.04. The van der Waals surface area contributed by atoms with Gasteiger partial charge in [0, 0.05) is 34.1 Å². The number of rotatable bonds is 7. The topological polar surface area (TPSA) is 6.48 Å². The zero-order valence-corrected chi connectivity index (χ0v) is 32.1. The quantitative estimate of drug-likeness (QED) is 0.156. The minimum atomic E-state index is 0.150. The van der Waals surface area contributed by atoms with Gasteiger partial charge in [0.25, 0.3) is 6.71 Å². The Morgan fingerprint density at radius 3 is 1.33 bits per heavy atom. The minimum absolute atomic E-state index is 0.150. The summed E-state index contributed by atoms with van der Waals surface area (Å²) < 4.78 is 0. The maximum absolute atomic E-state index is 2.64. The molecular weight excluding hydrogens is 615 g/mol. The average molecular weight is 671 g/mol. The molecule has 0 radical (unpaired) electrons. The Labute approximate surface area is 308 Å². The molecule has 3 aliphatic rings. The molecule has 260 valence electrons. The van der Waals surface area contributed by atoms with Gasteiger partial charge in [0.05, 0.1) is 0 Å². The first-order valence-electron chi connectivity index (χ1n) is 19.9. The maximum atomic E-state index is 2.64. The van der Waals surface area contributed by atoms with Crippen LogP contribution in [0.15, 0.2) is 97.1 Å². The van der Waals surface area contributed by atoms with Crippen LogP contribution in [0.3, 0.4) is 0 Å². The van der Waals surface area contributed by atoms with Crippen molar-refractivity contribution < 1.29 is 0 Å². The molecule has 1 saturated carbocycles. The molecule has 2 heterocycles. The van der Waals surface area contributed by atoms with Crippen LogP contribution in [0.1, 0.15) is 145 Å². The van der Waals surface area contributed by atoms with E-state index in [9.17, 15) is 0 Å². The molecule has 0 amide bonds. The predicted molar refractivity (Wildman–Crippen MR) is 223 cm³/mol. The molecule has 0 bridgehead atoms. The van der Waals surface area contributed by atoms with Gasteiger partial charge in [0.2, 0.25) is 0 Å². The third kappa shape index (κ3) is 5.91. The van der Waals surface area contributed by atoms with Gasteiger partial charge in [-0.3, -0.25) is 0 Å². The van der Waals surface area contributed by atoms with E-state index in [1.54, 1.807) is 0 Å². The molecule has 0 spiro atoms. The number of hydrogen-bond acceptors (Lipinski definition) is 2. The van der Waals surface area contributed by atoms with Crippen LogP contribution in [0.2, 0.25) is 0 Å². The van der Waals surface area contributed by atoms with E-state index in [0.29, 0.717) is 29.6 Å². The Morgan fingerprint density at radius 2 is 0.902 bits per heavy atom. The molecule has 5 aromatic rings. The SMILES string of the molecule is CC(C)c1cccc(N2c3cc(C(C)C)ccc3B3c4ccc(C(C)C)cc4N(c4cccc(C(C)C)c4)c4cc(C5CCCCC5)cc2c43)c1. The van der Waals surface area contributed by atoms with Crippen LogP contribution < -0.4 is 26.2 Å². The summed E-state index contributed by atoms with van der Waals surface area (Å²) in [5, 5.41) is 0. The highest BCUT2D eigenvalue weighted by Crippen LogP contribution is 2.48. The van der Waals surface area contributed by atoms with Gasteiger partial charge in [-0.15, -0.1) is 0 Å². The molecule has 8 rings (SSSR count). The van der Waals surface area contributed by atoms with Crippen LogP contribution in [0.4, 0.5) is 34.1 Å². The molecule has 5 aromatic carbocycles. The minimum Gasteiger partial charge on any atom is -0.311 e. The van der Waals surface area contributed by atoms with E-state index in [-0.39, 0.29) is 6.71 Å². The first-order chi connectivity index (χ1) is 24.6. The fraction of sp³-hybridized carbons (Fsp3) is 0.375. The lowest BCUT2D eigenvalue weighted by Crippen LogP contribution is -2.61. The predicted octanol–water partition coefficient (Wildman–Crippen LogP) is 12.3. The molecule has 1 fully saturated rings. The first kappa shape index (κ1) is 33.9. The molecule has 0 saturated heterocycles. The molecule has 0 atom stereocenters. The average Bonchev–Trinajstić information content (AvgIpc) is 3.14. The molecule has 2 aliphatic heterocycles. The fourth-order valence-electron chi connectivity index (χ4n) is 9.04. The van der Waals surface area contributed by atoms with E-state index in [4.69, 9.17) is 0 Å². The number of hydrogen-bond donors (Lipinski definition) is 0. The van der Waals surface area contributed by atoms with E-state index in [2.05, 4.69) is 162 Å². The maximum Gasteiger partial charge on any atom is 0.252 e. The molecule has 51 heavy (non-hydrogen) atoms. The van der Waals surface area contributed by atoms with Gasteiger partial charge in [-0.1, -0.05) is 123 Å². The molecule has 2 nitrogen and oxygen atoms in total. The van der Waals surface area contributed by atoms with Crippen molar-refractivity contribution in [3.63, 3.8) is 0 Å². The van der Waals surface area contributed by atoms with E-state index in [0.717, 1.165) is 0 Å². The van der Waals surface area contributed by atoms with E-state index < -0.39 is 0 Å². The summed E-state index contributed by atoms with van der Waals surface area (Å²) >= 11 is 0. The van der Waals surface area contributed by atoms with Gasteiger partial charge in [0.15, 0.2) is 0 Å². The van der Waals surface area contributed by atoms with Crippen molar-refractivity contribution in [2.24, 2.45) is 0 Å². The standard InChI is InChI=1S/C48H55BN2/c1-30(2)35-16-12-18-40(24-35)50-44-26-37(32(5)6)20-22-42(44)49-43-23-21-38(33(7)8)27-45(43)51(41-19-13-17-36(25-41)31(3)4)47-29-39(28-46(50)48(47)49)34-14-10-9-11-15-34/h12-13,16-34H,9-11,14-15H2,1-8H3. The Balaban J connectivity index is 1.49. The van der Waals surface area contributed by atoms with E-state index >= 15 is 0 Å². The van der Waals surface area contributed by atoms with Gasteiger partial charge in [-0.25, -0.2) is 0 Å². The Morgan fingerprint density at radius 1 is 0.471 bits per heavy atom. The van der Waals surface area contributed by atoms with Gasteiger partial charge in [0.1, 0.15) is 0 Å². The van der Waals surface area contributed by atoms with Crippen LogP contribution in [-0.4, -0.2) is 6.71 Å². The summed E-state index contributed by atoms with van der Waals surface area (Å²) in [7, 11) is 0. The zero-order valence-electron chi connectivity index (χ0n) is 32.1. The van der Waals surface area contributed by atoms with E-state index in [1.807, 2.05) is 0 Å². The highest BCUT2D eigenvalue weighted by Gasteiger charge is 2.44. The van der Waals surface area contributed by atoms with Crippen molar-refractivity contribution in [1.29, 1.82) is 0 Å². The second-order valence-corrected chi connectivity index (χ2v) is 16.9. The van der Waals surface area contributed by atoms with Crippen molar-refractivity contribution in [2.45, 2.75) is 117 Å². The zero-order chi connectivity index (χ0) is 35.6. The summed E-state index contributed by atoms with van der Waals surface area (Å²) in [4.78, 5) is 5.29. The molecule has 0 N–H and O–H groups in total. The first-order valence-corrected chi connectivity index (χ1v) is 19.9. The number of benzene rings is 5. The van der Waals surface area contributed by atoms with Gasteiger partial charge < -0.3 is 9.80 Å². The highest BCUT2D eigenvalue weighted by molar-refractivity contribution is 7.00. The van der Waals surface area contributed by atoms with Crippen LogP contribution in [0, 0.1) is 0 Å². The highest BCUT2D eigenvalue weighted by atomic mass is 15.2. The van der Waals surface area contributed by atoms with Crippen molar-refractivity contribution >= 4 is 57.2 Å². The molecular formula is C48H55BN2. The normalized spacial score (nSPS) is 15.6. The number of nitrogens with zero attached hydrogens (tertiary/aromatic N) is 2. The van der Waals surface area contributed by atoms with Crippen molar-refractivity contribution in [2.75, 3.05) is 9.80 Å². The smallest absolute Gasteiger partial charge is 0.252 e. The Hall–Kier alpha value is -4.24. The third-order valence-corrected chi connectivity index (χ3v) is 12.1. The summed E-state index contributed by atoms with van der Waals surface area (Å²) in [6, 6.07) is 38.7. The van der Waals surface area contributed by atoms with Crippen LogP contribution in [-0.2, 0) is 0 Å².